The summed E-state index contributed by atoms with van der Waals surface area (Å²) in [4.78, 5) is 19.7. The Morgan fingerprint density at radius 3 is 3.14 bits per heavy atom. The molecule has 0 aromatic carbocycles. The monoisotopic (exact) mass is 303 g/mol. The van der Waals surface area contributed by atoms with E-state index >= 15 is 0 Å². The Labute approximate surface area is 124 Å². The molecular weight excluding hydrogens is 290 g/mol. The van der Waals surface area contributed by atoms with Crippen LogP contribution in [-0.4, -0.2) is 37.0 Å². The van der Waals surface area contributed by atoms with E-state index in [1.165, 1.54) is 11.3 Å². The summed E-state index contributed by atoms with van der Waals surface area (Å²) in [5.74, 6) is -0.0594. The second kappa shape index (κ2) is 4.66. The first-order chi connectivity index (χ1) is 10.2. The van der Waals surface area contributed by atoms with Crippen molar-refractivity contribution in [2.24, 2.45) is 0 Å². The van der Waals surface area contributed by atoms with E-state index in [0.717, 1.165) is 29.2 Å². The SMILES string of the molecule is Cc1nonc1[C@@H]1CCCN1C(=O)c1cn2ccsc2n1. The van der Waals surface area contributed by atoms with E-state index in [4.69, 9.17) is 4.63 Å². The quantitative estimate of drug-likeness (QED) is 0.724. The summed E-state index contributed by atoms with van der Waals surface area (Å²) in [6.07, 6.45) is 5.50. The maximum absolute atomic E-state index is 12.7. The first-order valence-electron chi connectivity index (χ1n) is 6.76. The summed E-state index contributed by atoms with van der Waals surface area (Å²) in [7, 11) is 0. The predicted octanol–water partition coefficient (Wildman–Crippen LogP) is 2.06. The normalized spacial score (nSPS) is 18.7. The fraction of sp³-hybridized carbons (Fsp3) is 0.385. The van der Waals surface area contributed by atoms with Gasteiger partial charge in [-0.25, -0.2) is 9.61 Å². The first-order valence-corrected chi connectivity index (χ1v) is 7.64. The molecule has 0 unspecified atom stereocenters. The van der Waals surface area contributed by atoms with Crippen LogP contribution in [0.1, 0.15) is 40.8 Å². The molecule has 0 N–H and O–H groups in total. The van der Waals surface area contributed by atoms with E-state index in [9.17, 15) is 4.79 Å². The molecule has 0 radical (unpaired) electrons. The van der Waals surface area contributed by atoms with Gasteiger partial charge in [-0.2, -0.15) is 0 Å². The first kappa shape index (κ1) is 12.5. The zero-order valence-corrected chi connectivity index (χ0v) is 12.2. The van der Waals surface area contributed by atoms with Crippen molar-refractivity contribution in [3.8, 4) is 0 Å². The van der Waals surface area contributed by atoms with Crippen molar-refractivity contribution in [3.63, 3.8) is 0 Å². The molecule has 3 aromatic heterocycles. The number of carbonyl (C=O) groups excluding carboxylic acids is 1. The number of fused-ring (bicyclic) bond motifs is 1. The number of hydrogen-bond acceptors (Lipinski definition) is 6. The number of aromatic nitrogens is 4. The zero-order valence-electron chi connectivity index (χ0n) is 11.4. The number of likely N-dealkylation sites (tertiary alicyclic amines) is 1. The zero-order chi connectivity index (χ0) is 14.4. The van der Waals surface area contributed by atoms with Gasteiger partial charge < -0.3 is 4.90 Å². The highest BCUT2D eigenvalue weighted by molar-refractivity contribution is 7.15. The molecule has 1 aliphatic rings. The molecule has 0 aliphatic carbocycles. The minimum Gasteiger partial charge on any atom is -0.328 e. The average Bonchev–Trinajstić information content (AvgIpc) is 3.20. The Morgan fingerprint density at radius 1 is 1.48 bits per heavy atom. The molecule has 1 fully saturated rings. The van der Waals surface area contributed by atoms with Crippen molar-refractivity contribution in [3.05, 3.63) is 34.9 Å². The third kappa shape index (κ3) is 1.94. The Morgan fingerprint density at radius 2 is 2.38 bits per heavy atom. The number of amides is 1. The number of nitrogens with zero attached hydrogens (tertiary/aromatic N) is 5. The second-order valence-corrected chi connectivity index (χ2v) is 5.98. The van der Waals surface area contributed by atoms with Crippen LogP contribution < -0.4 is 0 Å². The van der Waals surface area contributed by atoms with Gasteiger partial charge in [-0.15, -0.1) is 11.3 Å². The standard InChI is InChI=1S/C13H13N5O2S/c1-8-11(16-20-15-8)10-3-2-4-18(10)12(19)9-7-17-5-6-21-13(17)14-9/h5-7,10H,2-4H2,1H3/t10-/m0/s1. The summed E-state index contributed by atoms with van der Waals surface area (Å²) in [5, 5.41) is 9.71. The van der Waals surface area contributed by atoms with Crippen LogP contribution in [0.4, 0.5) is 0 Å². The van der Waals surface area contributed by atoms with Gasteiger partial charge in [-0.3, -0.25) is 9.20 Å². The molecule has 1 saturated heterocycles. The maximum Gasteiger partial charge on any atom is 0.274 e. The van der Waals surface area contributed by atoms with Gasteiger partial charge >= 0.3 is 0 Å². The van der Waals surface area contributed by atoms with Crippen molar-refractivity contribution in [1.29, 1.82) is 0 Å². The number of carbonyl (C=O) groups is 1. The van der Waals surface area contributed by atoms with Crippen molar-refractivity contribution in [1.82, 2.24) is 24.6 Å². The molecule has 8 heteroatoms. The van der Waals surface area contributed by atoms with E-state index < -0.39 is 0 Å². The molecule has 4 rings (SSSR count). The van der Waals surface area contributed by atoms with Gasteiger partial charge in [0, 0.05) is 24.3 Å². The highest BCUT2D eigenvalue weighted by Gasteiger charge is 2.34. The van der Waals surface area contributed by atoms with E-state index in [-0.39, 0.29) is 11.9 Å². The third-order valence-corrected chi connectivity index (χ3v) is 4.60. The minimum absolute atomic E-state index is 0.0594. The van der Waals surface area contributed by atoms with E-state index in [1.807, 2.05) is 27.8 Å². The van der Waals surface area contributed by atoms with Crippen molar-refractivity contribution in [2.45, 2.75) is 25.8 Å². The van der Waals surface area contributed by atoms with Crippen molar-refractivity contribution >= 4 is 22.2 Å². The van der Waals surface area contributed by atoms with E-state index in [1.54, 1.807) is 6.20 Å². The van der Waals surface area contributed by atoms with Gasteiger partial charge in [0.2, 0.25) is 0 Å². The summed E-state index contributed by atoms with van der Waals surface area (Å²) < 4.78 is 6.64. The number of hydrogen-bond donors (Lipinski definition) is 0. The number of imidazole rings is 1. The Hall–Kier alpha value is -2.22. The van der Waals surface area contributed by atoms with E-state index in [2.05, 4.69) is 15.3 Å². The van der Waals surface area contributed by atoms with Crippen LogP contribution in [0.15, 0.2) is 22.4 Å². The van der Waals surface area contributed by atoms with Crippen LogP contribution in [0.2, 0.25) is 0 Å². The van der Waals surface area contributed by atoms with Gasteiger partial charge in [0.25, 0.3) is 5.91 Å². The van der Waals surface area contributed by atoms with Crippen LogP contribution in [0, 0.1) is 6.92 Å². The lowest BCUT2D eigenvalue weighted by molar-refractivity contribution is 0.0725. The highest BCUT2D eigenvalue weighted by Crippen LogP contribution is 2.33. The van der Waals surface area contributed by atoms with Crippen molar-refractivity contribution < 1.29 is 9.42 Å². The van der Waals surface area contributed by atoms with Crippen LogP contribution >= 0.6 is 11.3 Å². The fourth-order valence-corrected chi connectivity index (χ4v) is 3.51. The molecule has 4 heterocycles. The smallest absolute Gasteiger partial charge is 0.274 e. The van der Waals surface area contributed by atoms with Gasteiger partial charge in [-0.05, 0) is 19.8 Å². The lowest BCUT2D eigenvalue weighted by atomic mass is 10.1. The van der Waals surface area contributed by atoms with Crippen molar-refractivity contribution in [2.75, 3.05) is 6.54 Å². The van der Waals surface area contributed by atoms with Crippen LogP contribution in [0.3, 0.4) is 0 Å². The topological polar surface area (TPSA) is 76.5 Å². The molecule has 0 spiro atoms. The molecule has 1 amide bonds. The van der Waals surface area contributed by atoms with Gasteiger partial charge in [0.1, 0.15) is 17.1 Å². The summed E-state index contributed by atoms with van der Waals surface area (Å²) in [6, 6.07) is -0.0662. The highest BCUT2D eigenvalue weighted by atomic mass is 32.1. The predicted molar refractivity (Wildman–Crippen MR) is 75.1 cm³/mol. The number of thiazole rings is 1. The molecule has 21 heavy (non-hydrogen) atoms. The minimum atomic E-state index is -0.0662. The van der Waals surface area contributed by atoms with Gasteiger partial charge in [-0.1, -0.05) is 10.3 Å². The summed E-state index contributed by atoms with van der Waals surface area (Å²) in [5.41, 5.74) is 1.97. The fourth-order valence-electron chi connectivity index (χ4n) is 2.81. The molecule has 3 aromatic rings. The second-order valence-electron chi connectivity index (χ2n) is 5.11. The molecule has 108 valence electrons. The molecule has 7 nitrogen and oxygen atoms in total. The molecule has 0 saturated carbocycles. The van der Waals surface area contributed by atoms with E-state index in [0.29, 0.717) is 12.2 Å². The summed E-state index contributed by atoms with van der Waals surface area (Å²) >= 11 is 1.51. The Balaban J connectivity index is 1.66. The van der Waals surface area contributed by atoms with Crippen LogP contribution in [0.25, 0.3) is 4.96 Å². The maximum atomic E-state index is 12.7. The number of rotatable bonds is 2. The number of aryl methyl sites for hydroxylation is 1. The largest absolute Gasteiger partial charge is 0.328 e. The average molecular weight is 303 g/mol. The Kier molecular flexibility index (Phi) is 2.78. The lowest BCUT2D eigenvalue weighted by Crippen LogP contribution is -2.31. The molecule has 1 atom stereocenters. The lowest BCUT2D eigenvalue weighted by Gasteiger charge is -2.22. The summed E-state index contributed by atoms with van der Waals surface area (Å²) in [6.45, 7) is 2.56. The van der Waals surface area contributed by atoms with Crippen LogP contribution in [0.5, 0.6) is 0 Å². The van der Waals surface area contributed by atoms with Crippen LogP contribution in [-0.2, 0) is 0 Å². The Bertz CT molecular complexity index is 776. The molecule has 1 aliphatic heterocycles. The third-order valence-electron chi connectivity index (χ3n) is 3.83. The van der Waals surface area contributed by atoms with Gasteiger partial charge in [0.15, 0.2) is 4.96 Å². The molecular formula is C13H13N5O2S. The molecule has 0 bridgehead atoms. The van der Waals surface area contributed by atoms with Gasteiger partial charge in [0.05, 0.1) is 6.04 Å².